The average molecular weight is 660 g/mol. The quantitative estimate of drug-likeness (QED) is 0.144. The molecule has 0 bridgehead atoms. The molecule has 0 saturated carbocycles. The number of halogens is 1. The van der Waals surface area contributed by atoms with Gasteiger partial charge in [0.1, 0.15) is 11.5 Å². The summed E-state index contributed by atoms with van der Waals surface area (Å²) in [5.41, 5.74) is 13.9. The van der Waals surface area contributed by atoms with Crippen molar-refractivity contribution in [2.24, 2.45) is 0 Å². The Morgan fingerprint density at radius 3 is 2.00 bits per heavy atom. The highest BCUT2D eigenvalue weighted by Gasteiger charge is 2.35. The fourth-order valence-corrected chi connectivity index (χ4v) is 7.31. The average Bonchev–Trinajstić information content (AvgIpc) is 3.37. The minimum absolute atomic E-state index is 0.0979. The van der Waals surface area contributed by atoms with Gasteiger partial charge in [-0.05, 0) is 99.1 Å². The lowest BCUT2D eigenvalue weighted by Crippen LogP contribution is -2.16. The minimum atomic E-state index is -0.0979. The third-order valence-corrected chi connectivity index (χ3v) is 9.91. The Bertz CT molecular complexity index is 2220. The van der Waals surface area contributed by atoms with Crippen LogP contribution in [-0.2, 0) is 10.2 Å². The van der Waals surface area contributed by atoms with E-state index >= 15 is 0 Å². The third kappa shape index (κ3) is 5.60. The first-order valence-electron chi connectivity index (χ1n) is 16.3. The Labute approximate surface area is 294 Å². The summed E-state index contributed by atoms with van der Waals surface area (Å²) < 4.78 is 11.4. The van der Waals surface area contributed by atoms with Crippen molar-refractivity contribution in [1.82, 2.24) is 0 Å². The molecule has 0 amide bonds. The van der Waals surface area contributed by atoms with E-state index in [1.165, 1.54) is 22.3 Å². The van der Waals surface area contributed by atoms with Gasteiger partial charge in [-0.15, -0.1) is 0 Å². The van der Waals surface area contributed by atoms with Crippen LogP contribution in [0, 0.1) is 0 Å². The highest BCUT2D eigenvalue weighted by Crippen LogP contribution is 2.50. The number of benzene rings is 6. The van der Waals surface area contributed by atoms with Gasteiger partial charge in [0.25, 0.3) is 0 Å². The van der Waals surface area contributed by atoms with Crippen molar-refractivity contribution in [2.75, 3.05) is 19.1 Å². The number of para-hydroxylation sites is 1. The largest absolute Gasteiger partial charge is 0.497 e. The normalized spacial score (nSPS) is 12.5. The van der Waals surface area contributed by atoms with Gasteiger partial charge in [0.15, 0.2) is 0 Å². The fourth-order valence-electron chi connectivity index (χ4n) is 7.15. The molecule has 0 atom stereocenters. The van der Waals surface area contributed by atoms with E-state index in [-0.39, 0.29) is 5.41 Å². The lowest BCUT2D eigenvalue weighted by molar-refractivity contribution is 0.371. The molecule has 0 heterocycles. The maximum Gasteiger partial charge on any atom is 0.128 e. The van der Waals surface area contributed by atoms with Gasteiger partial charge in [0, 0.05) is 38.6 Å². The van der Waals surface area contributed by atoms with E-state index in [2.05, 4.69) is 135 Å². The van der Waals surface area contributed by atoms with Crippen LogP contribution in [0.5, 0.6) is 5.75 Å². The third-order valence-electron chi connectivity index (χ3n) is 9.68. The molecule has 6 aromatic rings. The van der Waals surface area contributed by atoms with E-state index in [0.29, 0.717) is 16.5 Å². The molecule has 0 fully saturated rings. The molecular formula is C45H38ClNO2. The molecule has 242 valence electrons. The second kappa shape index (κ2) is 12.8. The summed E-state index contributed by atoms with van der Waals surface area (Å²) in [6.07, 6.45) is 0. The lowest BCUT2D eigenvalue weighted by Gasteiger charge is -2.28. The molecule has 4 heteroatoms. The molecule has 0 unspecified atom stereocenters. The number of rotatable bonds is 9. The minimum Gasteiger partial charge on any atom is -0.497 e. The van der Waals surface area contributed by atoms with Crippen LogP contribution in [0.3, 0.4) is 0 Å². The SMILES string of the molecule is C=C(c1ccc(Cl)cc1OC)c1cccc(-c2ccc(N(c3ccccc3)c3ccc4c(c3)C(C)(C)c3ccccc3-4)cc2)c1C(=C)OC. The van der Waals surface area contributed by atoms with Gasteiger partial charge in [0.05, 0.1) is 14.2 Å². The van der Waals surface area contributed by atoms with Gasteiger partial charge in [0.2, 0.25) is 0 Å². The number of ether oxygens (including phenoxy) is 2. The van der Waals surface area contributed by atoms with Gasteiger partial charge in [-0.25, -0.2) is 0 Å². The number of hydrogen-bond donors (Lipinski definition) is 0. The van der Waals surface area contributed by atoms with Crippen LogP contribution in [-0.4, -0.2) is 14.2 Å². The highest BCUT2D eigenvalue weighted by molar-refractivity contribution is 6.30. The summed E-state index contributed by atoms with van der Waals surface area (Å²) in [4.78, 5) is 2.32. The molecule has 6 aromatic carbocycles. The van der Waals surface area contributed by atoms with E-state index in [1.807, 2.05) is 24.3 Å². The first kappa shape index (κ1) is 32.1. The molecule has 0 N–H and O–H groups in total. The van der Waals surface area contributed by atoms with Crippen molar-refractivity contribution >= 4 is 40.0 Å². The number of anilines is 3. The number of hydrogen-bond acceptors (Lipinski definition) is 3. The van der Waals surface area contributed by atoms with E-state index in [0.717, 1.165) is 50.5 Å². The predicted molar refractivity (Wildman–Crippen MR) is 206 cm³/mol. The predicted octanol–water partition coefficient (Wildman–Crippen LogP) is 12.5. The Morgan fingerprint density at radius 1 is 0.612 bits per heavy atom. The maximum absolute atomic E-state index is 6.28. The smallest absolute Gasteiger partial charge is 0.128 e. The first-order chi connectivity index (χ1) is 23.7. The van der Waals surface area contributed by atoms with Crippen molar-refractivity contribution in [2.45, 2.75) is 19.3 Å². The Balaban J connectivity index is 1.31. The molecule has 0 saturated heterocycles. The van der Waals surface area contributed by atoms with Crippen molar-refractivity contribution < 1.29 is 9.47 Å². The molecule has 7 rings (SSSR count). The number of methoxy groups -OCH3 is 2. The summed E-state index contributed by atoms with van der Waals surface area (Å²) in [6.45, 7) is 13.4. The molecule has 1 aliphatic rings. The van der Waals surface area contributed by atoms with E-state index in [9.17, 15) is 0 Å². The Kier molecular flexibility index (Phi) is 8.40. The van der Waals surface area contributed by atoms with E-state index in [1.54, 1.807) is 20.3 Å². The van der Waals surface area contributed by atoms with Crippen molar-refractivity contribution in [3.63, 3.8) is 0 Å². The van der Waals surface area contributed by atoms with Crippen molar-refractivity contribution in [3.8, 4) is 28.0 Å². The van der Waals surface area contributed by atoms with Gasteiger partial charge >= 0.3 is 0 Å². The fraction of sp³-hybridized carbons (Fsp3) is 0.111. The van der Waals surface area contributed by atoms with Crippen LogP contribution in [0.25, 0.3) is 33.6 Å². The number of nitrogens with zero attached hydrogens (tertiary/aromatic N) is 1. The molecule has 1 aliphatic carbocycles. The van der Waals surface area contributed by atoms with Gasteiger partial charge in [-0.1, -0.05) is 117 Å². The van der Waals surface area contributed by atoms with Crippen molar-refractivity contribution in [1.29, 1.82) is 0 Å². The van der Waals surface area contributed by atoms with Gasteiger partial charge in [-0.3, -0.25) is 0 Å². The van der Waals surface area contributed by atoms with Crippen LogP contribution >= 0.6 is 11.6 Å². The van der Waals surface area contributed by atoms with Crippen molar-refractivity contribution in [3.05, 3.63) is 179 Å². The zero-order valence-electron chi connectivity index (χ0n) is 28.3. The summed E-state index contributed by atoms with van der Waals surface area (Å²) >= 11 is 6.28. The topological polar surface area (TPSA) is 21.7 Å². The van der Waals surface area contributed by atoms with Gasteiger partial charge < -0.3 is 14.4 Å². The molecular weight excluding hydrogens is 622 g/mol. The zero-order valence-corrected chi connectivity index (χ0v) is 29.0. The van der Waals surface area contributed by atoms with Crippen LogP contribution in [0.2, 0.25) is 5.02 Å². The van der Waals surface area contributed by atoms with E-state index in [4.69, 9.17) is 21.1 Å². The standard InChI is InChI=1S/C45H38ClNO2/c1-29(36-25-21-32(46)27-43(36)49-6)37-16-12-17-38(44(37)30(2)48-5)31-19-22-34(23-20-31)47(33-13-8-7-9-14-33)35-24-26-40-39-15-10-11-18-41(39)45(3,4)42(40)28-35/h7-28H,1-2H2,3-6H3. The van der Waals surface area contributed by atoms with Crippen LogP contribution in [0.15, 0.2) is 147 Å². The van der Waals surface area contributed by atoms with Crippen LogP contribution < -0.4 is 9.64 Å². The first-order valence-corrected chi connectivity index (χ1v) is 16.7. The maximum atomic E-state index is 6.28. The summed E-state index contributed by atoms with van der Waals surface area (Å²) in [5.74, 6) is 1.21. The molecule has 0 radical (unpaired) electrons. The second-order valence-electron chi connectivity index (χ2n) is 12.8. The summed E-state index contributed by atoms with van der Waals surface area (Å²) in [5, 5.41) is 0.599. The Morgan fingerprint density at radius 2 is 1.27 bits per heavy atom. The molecule has 0 spiro atoms. The summed E-state index contributed by atoms with van der Waals surface area (Å²) in [7, 11) is 3.28. The number of fused-ring (bicyclic) bond motifs is 3. The zero-order chi connectivity index (χ0) is 34.3. The van der Waals surface area contributed by atoms with Crippen LogP contribution in [0.4, 0.5) is 17.1 Å². The van der Waals surface area contributed by atoms with E-state index < -0.39 is 0 Å². The second-order valence-corrected chi connectivity index (χ2v) is 13.2. The highest BCUT2D eigenvalue weighted by atomic mass is 35.5. The Hall–Kier alpha value is -5.51. The van der Waals surface area contributed by atoms with Gasteiger partial charge in [-0.2, -0.15) is 0 Å². The lowest BCUT2D eigenvalue weighted by atomic mass is 9.82. The molecule has 3 nitrogen and oxygen atoms in total. The van der Waals surface area contributed by atoms with Crippen LogP contribution in [0.1, 0.15) is 41.7 Å². The monoisotopic (exact) mass is 659 g/mol. The molecule has 0 aromatic heterocycles. The molecule has 49 heavy (non-hydrogen) atoms. The molecule has 0 aliphatic heterocycles. The summed E-state index contributed by atoms with van der Waals surface area (Å²) in [6, 6.07) is 46.6.